The van der Waals surface area contributed by atoms with Crippen LogP contribution < -0.4 is 5.32 Å². The second kappa shape index (κ2) is 4.51. The van der Waals surface area contributed by atoms with Crippen LogP contribution in [0.2, 0.25) is 0 Å². The number of carboxylic acids is 1. The Balaban J connectivity index is 1.97. The molecule has 0 aromatic rings. The van der Waals surface area contributed by atoms with Gasteiger partial charge in [0, 0.05) is 13.1 Å². The Hall–Kier alpha value is -1.59. The lowest BCUT2D eigenvalue weighted by atomic mass is 10.0. The van der Waals surface area contributed by atoms with Gasteiger partial charge < -0.3 is 10.0 Å². The molecule has 1 atom stereocenters. The highest BCUT2D eigenvalue weighted by molar-refractivity contribution is 6.00. The number of carboxylic acid groups (broad SMARTS) is 1. The maximum Gasteiger partial charge on any atom is 0.304 e. The molecule has 1 saturated heterocycles. The maximum absolute atomic E-state index is 11.6. The van der Waals surface area contributed by atoms with E-state index in [0.29, 0.717) is 5.96 Å². The molecule has 1 fully saturated rings. The van der Waals surface area contributed by atoms with Crippen LogP contribution in [-0.4, -0.2) is 47.5 Å². The first-order valence-electron chi connectivity index (χ1n) is 5.49. The number of hydrogen-bond acceptors (Lipinski definition) is 4. The fourth-order valence-electron chi connectivity index (χ4n) is 2.01. The molecular weight excluding hydrogens is 210 g/mol. The van der Waals surface area contributed by atoms with Gasteiger partial charge in [-0.25, -0.2) is 0 Å². The van der Waals surface area contributed by atoms with Crippen molar-refractivity contribution in [3.8, 4) is 0 Å². The van der Waals surface area contributed by atoms with Crippen LogP contribution in [-0.2, 0) is 9.59 Å². The summed E-state index contributed by atoms with van der Waals surface area (Å²) in [6.45, 7) is 2.12. The van der Waals surface area contributed by atoms with Crippen molar-refractivity contribution in [3.05, 3.63) is 0 Å². The van der Waals surface area contributed by atoms with E-state index in [1.54, 1.807) is 0 Å². The van der Waals surface area contributed by atoms with E-state index in [1.165, 1.54) is 0 Å². The minimum Gasteiger partial charge on any atom is -0.481 e. The van der Waals surface area contributed by atoms with Crippen molar-refractivity contribution >= 4 is 17.8 Å². The Bertz CT molecular complexity index is 334. The molecule has 88 valence electrons. The minimum atomic E-state index is -0.958. The topological polar surface area (TPSA) is 82.0 Å². The van der Waals surface area contributed by atoms with E-state index in [1.807, 2.05) is 4.90 Å². The van der Waals surface area contributed by atoms with E-state index >= 15 is 0 Å². The number of carbonyl (C=O) groups excluding carboxylic acids is 1. The first-order valence-corrected chi connectivity index (χ1v) is 5.49. The molecule has 2 N–H and O–H groups in total. The highest BCUT2D eigenvalue weighted by Crippen LogP contribution is 2.13. The molecule has 0 aliphatic carbocycles. The smallest absolute Gasteiger partial charge is 0.304 e. The van der Waals surface area contributed by atoms with Gasteiger partial charge in [0.15, 0.2) is 0 Å². The highest BCUT2D eigenvalue weighted by atomic mass is 16.4. The predicted octanol–water partition coefficient (Wildman–Crippen LogP) is -0.341. The molecule has 6 nitrogen and oxygen atoms in total. The standard InChI is InChI=1S/C10H15N3O3/c14-8(15)5-7-6-11-10(12-9(7)16)13-3-1-2-4-13/h7H,1-6H2,(H,14,15)(H,11,12,16). The molecule has 6 heteroatoms. The number of amides is 1. The van der Waals surface area contributed by atoms with Gasteiger partial charge in [0.2, 0.25) is 11.9 Å². The SMILES string of the molecule is O=C(O)CC1CN=C(N2CCCC2)NC1=O. The highest BCUT2D eigenvalue weighted by Gasteiger charge is 2.29. The molecule has 16 heavy (non-hydrogen) atoms. The van der Waals surface area contributed by atoms with Gasteiger partial charge >= 0.3 is 5.97 Å². The predicted molar refractivity (Wildman–Crippen MR) is 57.0 cm³/mol. The molecule has 0 aromatic carbocycles. The molecule has 0 spiro atoms. The lowest BCUT2D eigenvalue weighted by Gasteiger charge is -2.26. The van der Waals surface area contributed by atoms with Gasteiger partial charge in [-0.15, -0.1) is 0 Å². The number of guanidine groups is 1. The van der Waals surface area contributed by atoms with Crippen LogP contribution in [0.3, 0.4) is 0 Å². The number of aliphatic imine (C=N–C) groups is 1. The largest absolute Gasteiger partial charge is 0.481 e. The zero-order valence-electron chi connectivity index (χ0n) is 8.98. The lowest BCUT2D eigenvalue weighted by molar-refractivity contribution is -0.140. The first kappa shape index (κ1) is 10.9. The van der Waals surface area contributed by atoms with E-state index in [2.05, 4.69) is 10.3 Å². The number of hydrogen-bond donors (Lipinski definition) is 2. The van der Waals surface area contributed by atoms with Crippen molar-refractivity contribution in [3.63, 3.8) is 0 Å². The number of aliphatic carboxylic acids is 1. The van der Waals surface area contributed by atoms with Gasteiger partial charge in [-0.05, 0) is 12.8 Å². The number of nitrogens with zero attached hydrogens (tertiary/aromatic N) is 2. The molecule has 0 aromatic heterocycles. The summed E-state index contributed by atoms with van der Waals surface area (Å²) in [5.74, 6) is -1.09. The maximum atomic E-state index is 11.6. The van der Waals surface area contributed by atoms with Crippen LogP contribution in [0, 0.1) is 5.92 Å². The van der Waals surface area contributed by atoms with Gasteiger partial charge in [0.25, 0.3) is 0 Å². The van der Waals surface area contributed by atoms with Crippen LogP contribution in [0.5, 0.6) is 0 Å². The molecule has 1 unspecified atom stereocenters. The summed E-state index contributed by atoms with van der Waals surface area (Å²) in [6.07, 6.45) is 2.09. The van der Waals surface area contributed by atoms with E-state index in [-0.39, 0.29) is 18.9 Å². The van der Waals surface area contributed by atoms with Crippen molar-refractivity contribution in [1.29, 1.82) is 0 Å². The Kier molecular flexibility index (Phi) is 3.07. The van der Waals surface area contributed by atoms with Crippen molar-refractivity contribution in [2.45, 2.75) is 19.3 Å². The van der Waals surface area contributed by atoms with Crippen LogP contribution in [0.1, 0.15) is 19.3 Å². The van der Waals surface area contributed by atoms with E-state index in [4.69, 9.17) is 5.11 Å². The zero-order valence-corrected chi connectivity index (χ0v) is 8.98. The van der Waals surface area contributed by atoms with E-state index in [9.17, 15) is 9.59 Å². The van der Waals surface area contributed by atoms with Gasteiger partial charge in [-0.2, -0.15) is 0 Å². The molecule has 0 radical (unpaired) electrons. The second-order valence-electron chi connectivity index (χ2n) is 4.14. The summed E-state index contributed by atoms with van der Waals surface area (Å²) in [5.41, 5.74) is 0. The summed E-state index contributed by atoms with van der Waals surface area (Å²) in [7, 11) is 0. The van der Waals surface area contributed by atoms with Gasteiger partial charge in [0.1, 0.15) is 0 Å². The third-order valence-electron chi connectivity index (χ3n) is 2.89. The lowest BCUT2D eigenvalue weighted by Crippen LogP contribution is -2.49. The van der Waals surface area contributed by atoms with Crippen LogP contribution in [0.25, 0.3) is 0 Å². The summed E-state index contributed by atoms with van der Waals surface area (Å²) in [6, 6.07) is 0. The van der Waals surface area contributed by atoms with Crippen molar-refractivity contribution < 1.29 is 14.7 Å². The van der Waals surface area contributed by atoms with Crippen molar-refractivity contribution in [2.24, 2.45) is 10.9 Å². The number of likely N-dealkylation sites (tertiary alicyclic amines) is 1. The summed E-state index contributed by atoms with van der Waals surface area (Å²) >= 11 is 0. The average Bonchev–Trinajstić information content (AvgIpc) is 2.73. The monoisotopic (exact) mass is 225 g/mol. The van der Waals surface area contributed by atoms with Gasteiger partial charge in [0.05, 0.1) is 18.9 Å². The van der Waals surface area contributed by atoms with E-state index < -0.39 is 11.9 Å². The number of carbonyl (C=O) groups is 2. The van der Waals surface area contributed by atoms with E-state index in [0.717, 1.165) is 25.9 Å². The van der Waals surface area contributed by atoms with Gasteiger partial charge in [-0.3, -0.25) is 19.9 Å². The molecule has 1 amide bonds. The van der Waals surface area contributed by atoms with Crippen LogP contribution >= 0.6 is 0 Å². The first-order chi connectivity index (χ1) is 7.66. The van der Waals surface area contributed by atoms with Crippen molar-refractivity contribution in [2.75, 3.05) is 19.6 Å². The molecule has 2 aliphatic rings. The molecule has 2 rings (SSSR count). The summed E-state index contributed by atoms with van der Waals surface area (Å²) in [5, 5.41) is 11.3. The Morgan fingerprint density at radius 1 is 1.50 bits per heavy atom. The Morgan fingerprint density at radius 2 is 2.19 bits per heavy atom. The normalized spacial score (nSPS) is 25.2. The zero-order chi connectivity index (χ0) is 11.5. The molecule has 2 heterocycles. The fourth-order valence-corrected chi connectivity index (χ4v) is 2.01. The number of rotatable bonds is 2. The summed E-state index contributed by atoms with van der Waals surface area (Å²) in [4.78, 5) is 28.4. The molecule has 2 aliphatic heterocycles. The number of nitrogens with one attached hydrogen (secondary N) is 1. The summed E-state index contributed by atoms with van der Waals surface area (Å²) < 4.78 is 0. The molecular formula is C10H15N3O3. The average molecular weight is 225 g/mol. The van der Waals surface area contributed by atoms with Crippen LogP contribution in [0.4, 0.5) is 0 Å². The molecule has 0 saturated carbocycles. The third-order valence-corrected chi connectivity index (χ3v) is 2.89. The van der Waals surface area contributed by atoms with Crippen molar-refractivity contribution in [1.82, 2.24) is 10.2 Å². The minimum absolute atomic E-state index is 0.150. The van der Waals surface area contributed by atoms with Gasteiger partial charge in [-0.1, -0.05) is 0 Å². The molecule has 0 bridgehead atoms. The van der Waals surface area contributed by atoms with Crippen LogP contribution in [0.15, 0.2) is 4.99 Å². The Labute approximate surface area is 93.3 Å². The second-order valence-corrected chi connectivity index (χ2v) is 4.14. The third kappa shape index (κ3) is 2.32. The Morgan fingerprint density at radius 3 is 2.75 bits per heavy atom. The quantitative estimate of drug-likeness (QED) is 0.673. The fraction of sp³-hybridized carbons (Fsp3) is 0.700.